The van der Waals surface area contributed by atoms with E-state index < -0.39 is 0 Å². The van der Waals surface area contributed by atoms with Gasteiger partial charge in [-0.15, -0.1) is 0 Å². The van der Waals surface area contributed by atoms with E-state index in [0.717, 1.165) is 30.5 Å². The molecule has 0 bridgehead atoms. The molecule has 0 aliphatic carbocycles. The molecular weight excluding hydrogens is 280 g/mol. The van der Waals surface area contributed by atoms with Crippen LogP contribution >= 0.6 is 0 Å². The Bertz CT molecular complexity index is 671. The van der Waals surface area contributed by atoms with E-state index in [1.165, 1.54) is 18.4 Å². The van der Waals surface area contributed by atoms with Gasteiger partial charge in [-0.1, -0.05) is 50.8 Å². The summed E-state index contributed by atoms with van der Waals surface area (Å²) in [7, 11) is 0. The van der Waals surface area contributed by atoms with Gasteiger partial charge in [0.05, 0.1) is 18.1 Å². The third-order valence-electron chi connectivity index (χ3n) is 3.52. The molecule has 2 aromatic rings. The first-order chi connectivity index (χ1) is 11.3. The van der Waals surface area contributed by atoms with Crippen molar-refractivity contribution in [3.63, 3.8) is 0 Å². The fraction of sp³-hybridized carbons (Fsp3) is 0.333. The lowest BCUT2D eigenvalue weighted by molar-refractivity contribution is 0.795. The highest BCUT2D eigenvalue weighted by Gasteiger charge is 1.94. The summed E-state index contributed by atoms with van der Waals surface area (Å²) in [5, 5.41) is 0. The molecule has 1 heterocycles. The predicted molar refractivity (Wildman–Crippen MR) is 97.0 cm³/mol. The van der Waals surface area contributed by atoms with Gasteiger partial charge in [-0.25, -0.2) is 4.98 Å². The Labute approximate surface area is 139 Å². The van der Waals surface area contributed by atoms with Gasteiger partial charge in [-0.2, -0.15) is 0 Å². The number of rotatable bonds is 6. The molecule has 2 heteroatoms. The summed E-state index contributed by atoms with van der Waals surface area (Å²) in [5.41, 5.74) is 3.97. The van der Waals surface area contributed by atoms with Gasteiger partial charge in [0, 0.05) is 5.56 Å². The highest BCUT2D eigenvalue weighted by molar-refractivity contribution is 5.45. The van der Waals surface area contributed by atoms with Crippen molar-refractivity contribution >= 4 is 6.08 Å². The minimum atomic E-state index is 0.702. The second kappa shape index (κ2) is 9.58. The normalized spacial score (nSPS) is 10.5. The summed E-state index contributed by atoms with van der Waals surface area (Å²) in [4.78, 5) is 8.70. The molecule has 0 spiro atoms. The first kappa shape index (κ1) is 17.0. The Kier molecular flexibility index (Phi) is 7.07. The number of aromatic nitrogens is 2. The van der Waals surface area contributed by atoms with Crippen molar-refractivity contribution in [2.24, 2.45) is 0 Å². The maximum absolute atomic E-state index is 4.36. The van der Waals surface area contributed by atoms with Crippen LogP contribution in [0.4, 0.5) is 0 Å². The first-order valence-corrected chi connectivity index (χ1v) is 8.41. The van der Waals surface area contributed by atoms with Gasteiger partial charge in [0.2, 0.25) is 0 Å². The molecule has 2 rings (SSSR count). The monoisotopic (exact) mass is 304 g/mol. The zero-order valence-electron chi connectivity index (χ0n) is 14.0. The number of unbranched alkanes of at least 4 members (excludes halogenated alkanes) is 2. The molecule has 0 N–H and O–H groups in total. The van der Waals surface area contributed by atoms with Gasteiger partial charge in [0.1, 0.15) is 5.69 Å². The van der Waals surface area contributed by atoms with E-state index in [0.29, 0.717) is 5.69 Å². The molecule has 0 radical (unpaired) electrons. The molecule has 0 amide bonds. The van der Waals surface area contributed by atoms with E-state index in [-0.39, 0.29) is 0 Å². The van der Waals surface area contributed by atoms with Crippen molar-refractivity contribution in [1.82, 2.24) is 9.97 Å². The number of hydrogen-bond donors (Lipinski definition) is 0. The lowest BCUT2D eigenvalue weighted by Gasteiger charge is -1.99. The number of allylic oxidation sites excluding steroid dienone is 1. The molecule has 1 aromatic carbocycles. The highest BCUT2D eigenvalue weighted by atomic mass is 14.8. The van der Waals surface area contributed by atoms with E-state index in [1.807, 2.05) is 6.08 Å². The molecule has 1 aromatic heterocycles. The predicted octanol–water partition coefficient (Wildman–Crippen LogP) is 5.03. The average molecular weight is 304 g/mol. The van der Waals surface area contributed by atoms with Gasteiger partial charge >= 0.3 is 0 Å². The van der Waals surface area contributed by atoms with Crippen molar-refractivity contribution in [2.45, 2.75) is 46.0 Å². The summed E-state index contributed by atoms with van der Waals surface area (Å²) in [5.74, 6) is 6.22. The third-order valence-corrected chi connectivity index (χ3v) is 3.52. The zero-order valence-corrected chi connectivity index (χ0v) is 14.0. The Morgan fingerprint density at radius 2 is 1.78 bits per heavy atom. The summed E-state index contributed by atoms with van der Waals surface area (Å²) in [6.07, 6.45) is 13.4. The molecular formula is C21H24N2. The third kappa shape index (κ3) is 6.08. The van der Waals surface area contributed by atoms with Crippen LogP contribution < -0.4 is 0 Å². The first-order valence-electron chi connectivity index (χ1n) is 8.41. The quantitative estimate of drug-likeness (QED) is 0.699. The molecule has 0 saturated carbocycles. The minimum Gasteiger partial charge on any atom is -0.252 e. The topological polar surface area (TPSA) is 25.8 Å². The Balaban J connectivity index is 1.98. The highest BCUT2D eigenvalue weighted by Crippen LogP contribution is 2.07. The Hall–Kier alpha value is -2.40. The molecule has 0 aliphatic heterocycles. The second-order valence-corrected chi connectivity index (χ2v) is 5.57. The number of benzene rings is 1. The number of nitrogens with zero attached hydrogens (tertiary/aromatic N) is 2. The van der Waals surface area contributed by atoms with Crippen LogP contribution in [0.2, 0.25) is 0 Å². The summed E-state index contributed by atoms with van der Waals surface area (Å²) >= 11 is 0. The van der Waals surface area contributed by atoms with Crippen molar-refractivity contribution in [3.8, 4) is 11.8 Å². The molecule has 2 nitrogen and oxygen atoms in total. The van der Waals surface area contributed by atoms with Crippen LogP contribution in [0.5, 0.6) is 0 Å². The smallest absolute Gasteiger partial charge is 0.131 e. The van der Waals surface area contributed by atoms with Gasteiger partial charge < -0.3 is 0 Å². The summed E-state index contributed by atoms with van der Waals surface area (Å²) in [6, 6.07) is 8.47. The molecule has 0 atom stereocenters. The lowest BCUT2D eigenvalue weighted by atomic mass is 10.1. The molecule has 0 unspecified atom stereocenters. The maximum Gasteiger partial charge on any atom is 0.131 e. The van der Waals surface area contributed by atoms with E-state index in [1.54, 1.807) is 12.4 Å². The van der Waals surface area contributed by atoms with Gasteiger partial charge in [-0.05, 0) is 49.0 Å². The minimum absolute atomic E-state index is 0.702. The van der Waals surface area contributed by atoms with Gasteiger partial charge in [0.15, 0.2) is 0 Å². The fourth-order valence-corrected chi connectivity index (χ4v) is 2.13. The standard InChI is InChI=1S/C21H24N2/c1-3-5-7-9-20-16-23-21(17-22-20)15-14-19-12-10-18(11-13-19)8-6-4-2/h7,9-13,16-17H,3-6,8H2,1-2H3. The SMILES string of the molecule is CCCC=Cc1cnc(C#Cc2ccc(CCCC)cc2)cn1. The fourth-order valence-electron chi connectivity index (χ4n) is 2.13. The molecule has 23 heavy (non-hydrogen) atoms. The van der Waals surface area contributed by atoms with Crippen LogP contribution in [0, 0.1) is 11.8 Å². The van der Waals surface area contributed by atoms with E-state index >= 15 is 0 Å². The Morgan fingerprint density at radius 3 is 2.43 bits per heavy atom. The van der Waals surface area contributed by atoms with Crippen LogP contribution in [-0.4, -0.2) is 9.97 Å². The Morgan fingerprint density at radius 1 is 0.957 bits per heavy atom. The van der Waals surface area contributed by atoms with Crippen molar-refractivity contribution in [3.05, 3.63) is 65.2 Å². The van der Waals surface area contributed by atoms with E-state index in [2.05, 4.69) is 66.0 Å². The van der Waals surface area contributed by atoms with Crippen LogP contribution in [0.15, 0.2) is 42.7 Å². The number of hydrogen-bond acceptors (Lipinski definition) is 2. The molecule has 118 valence electrons. The summed E-state index contributed by atoms with van der Waals surface area (Å²) in [6.45, 7) is 4.37. The van der Waals surface area contributed by atoms with Crippen molar-refractivity contribution in [1.29, 1.82) is 0 Å². The van der Waals surface area contributed by atoms with Crippen molar-refractivity contribution < 1.29 is 0 Å². The molecule has 0 fully saturated rings. The molecule has 0 saturated heterocycles. The van der Waals surface area contributed by atoms with Gasteiger partial charge in [-0.3, -0.25) is 4.98 Å². The number of aryl methyl sites for hydroxylation is 1. The largest absolute Gasteiger partial charge is 0.252 e. The van der Waals surface area contributed by atoms with E-state index in [9.17, 15) is 0 Å². The lowest BCUT2D eigenvalue weighted by Crippen LogP contribution is -1.88. The van der Waals surface area contributed by atoms with Gasteiger partial charge in [0.25, 0.3) is 0 Å². The van der Waals surface area contributed by atoms with Crippen molar-refractivity contribution in [2.75, 3.05) is 0 Å². The van der Waals surface area contributed by atoms with E-state index in [4.69, 9.17) is 0 Å². The summed E-state index contributed by atoms with van der Waals surface area (Å²) < 4.78 is 0. The van der Waals surface area contributed by atoms with Crippen LogP contribution in [-0.2, 0) is 6.42 Å². The second-order valence-electron chi connectivity index (χ2n) is 5.57. The van der Waals surface area contributed by atoms with Crippen LogP contribution in [0.3, 0.4) is 0 Å². The molecule has 0 aliphatic rings. The van der Waals surface area contributed by atoms with Crippen LogP contribution in [0.25, 0.3) is 6.08 Å². The zero-order chi connectivity index (χ0) is 16.3. The average Bonchev–Trinajstić information content (AvgIpc) is 2.60. The maximum atomic E-state index is 4.36. The van der Waals surface area contributed by atoms with Crippen LogP contribution in [0.1, 0.15) is 62.0 Å².